The average molecular weight is 267 g/mol. The van der Waals surface area contributed by atoms with Crippen LogP contribution >= 0.6 is 0 Å². The smallest absolute Gasteiger partial charge is 0.161 e. The molecule has 2 rings (SSSR count). The zero-order chi connectivity index (χ0) is 14.8. The summed E-state index contributed by atoms with van der Waals surface area (Å²) in [7, 11) is 0. The van der Waals surface area contributed by atoms with Crippen LogP contribution in [0.1, 0.15) is 43.6 Å². The lowest BCUT2D eigenvalue weighted by Crippen LogP contribution is -2.10. The number of benzene rings is 2. The molecule has 0 aliphatic carbocycles. The highest BCUT2D eigenvalue weighted by molar-refractivity contribution is 6.00. The predicted octanol–water partition coefficient (Wildman–Crippen LogP) is 4.93. The van der Waals surface area contributed by atoms with Gasteiger partial charge in [0.25, 0.3) is 0 Å². The Morgan fingerprint density at radius 2 is 1.55 bits per heavy atom. The largest absolute Gasteiger partial charge is 0.355 e. The van der Waals surface area contributed by atoms with E-state index in [-0.39, 0.29) is 11.2 Å². The molecule has 0 fully saturated rings. The Morgan fingerprint density at radius 3 is 2.10 bits per heavy atom. The second kappa shape index (κ2) is 5.49. The summed E-state index contributed by atoms with van der Waals surface area (Å²) in [5, 5.41) is 3.31. The van der Waals surface area contributed by atoms with E-state index < -0.39 is 0 Å². The highest BCUT2D eigenvalue weighted by Crippen LogP contribution is 2.26. The third-order valence-electron chi connectivity index (χ3n) is 3.34. The molecule has 0 spiro atoms. The lowest BCUT2D eigenvalue weighted by atomic mass is 9.87. The maximum atomic E-state index is 11.6. The number of carbonyl (C=O) groups is 1. The van der Waals surface area contributed by atoms with E-state index in [9.17, 15) is 4.79 Å². The fourth-order valence-electron chi connectivity index (χ4n) is 2.11. The van der Waals surface area contributed by atoms with E-state index in [2.05, 4.69) is 50.4 Å². The number of hydrogen-bond donors (Lipinski definition) is 1. The minimum absolute atomic E-state index is 0.0689. The Morgan fingerprint density at radius 1 is 0.950 bits per heavy atom. The zero-order valence-corrected chi connectivity index (χ0v) is 12.5. The zero-order valence-electron chi connectivity index (χ0n) is 12.5. The van der Waals surface area contributed by atoms with Crippen LogP contribution in [0.5, 0.6) is 0 Å². The van der Waals surface area contributed by atoms with Gasteiger partial charge in [0.15, 0.2) is 5.78 Å². The minimum atomic E-state index is 0.0689. The van der Waals surface area contributed by atoms with Crippen LogP contribution in [-0.4, -0.2) is 5.78 Å². The van der Waals surface area contributed by atoms with Gasteiger partial charge in [-0.25, -0.2) is 0 Å². The van der Waals surface area contributed by atoms with Gasteiger partial charge in [0.05, 0.1) is 0 Å². The quantitative estimate of drug-likeness (QED) is 0.799. The Hall–Kier alpha value is -2.09. The summed E-state index contributed by atoms with van der Waals surface area (Å²) in [5.74, 6) is 0.0689. The van der Waals surface area contributed by atoms with Crippen molar-refractivity contribution in [3.63, 3.8) is 0 Å². The minimum Gasteiger partial charge on any atom is -0.355 e. The molecule has 0 heterocycles. The number of rotatable bonds is 3. The van der Waals surface area contributed by atoms with Crippen LogP contribution in [0.15, 0.2) is 48.5 Å². The van der Waals surface area contributed by atoms with Crippen molar-refractivity contribution in [3.05, 3.63) is 59.7 Å². The number of nitrogens with one attached hydrogen (secondary N) is 1. The molecule has 0 saturated heterocycles. The molecule has 2 heteroatoms. The van der Waals surface area contributed by atoms with Gasteiger partial charge in [-0.2, -0.15) is 0 Å². The van der Waals surface area contributed by atoms with Crippen molar-refractivity contribution >= 4 is 17.2 Å². The number of Topliss-reactive ketones (excluding diaryl/α,β-unsaturated/α-hetero) is 1. The van der Waals surface area contributed by atoms with E-state index in [1.165, 1.54) is 5.56 Å². The van der Waals surface area contributed by atoms with Crippen LogP contribution in [0, 0.1) is 0 Å². The van der Waals surface area contributed by atoms with Crippen molar-refractivity contribution in [2.24, 2.45) is 0 Å². The average Bonchev–Trinajstić information content (AvgIpc) is 2.38. The van der Waals surface area contributed by atoms with Crippen LogP contribution in [0.3, 0.4) is 0 Å². The van der Waals surface area contributed by atoms with Gasteiger partial charge in [-0.1, -0.05) is 45.0 Å². The second-order valence-corrected chi connectivity index (χ2v) is 6.05. The van der Waals surface area contributed by atoms with E-state index in [4.69, 9.17) is 0 Å². The first kappa shape index (κ1) is 14.3. The van der Waals surface area contributed by atoms with Crippen molar-refractivity contribution in [2.45, 2.75) is 33.1 Å². The third-order valence-corrected chi connectivity index (χ3v) is 3.34. The van der Waals surface area contributed by atoms with Gasteiger partial charge in [-0.3, -0.25) is 4.79 Å². The molecule has 2 aromatic rings. The molecule has 2 aromatic carbocycles. The number of hydrogen-bond acceptors (Lipinski definition) is 2. The molecule has 0 aliphatic heterocycles. The fourth-order valence-corrected chi connectivity index (χ4v) is 2.11. The van der Waals surface area contributed by atoms with Crippen molar-refractivity contribution in [2.75, 3.05) is 5.32 Å². The SMILES string of the molecule is CC(=O)c1ccccc1Nc1ccc(C(C)(C)C)cc1. The summed E-state index contributed by atoms with van der Waals surface area (Å²) < 4.78 is 0. The van der Waals surface area contributed by atoms with Gasteiger partial charge in [-0.05, 0) is 42.2 Å². The first-order chi connectivity index (χ1) is 9.38. The van der Waals surface area contributed by atoms with Crippen molar-refractivity contribution in [3.8, 4) is 0 Å². The van der Waals surface area contributed by atoms with E-state index in [0.29, 0.717) is 5.56 Å². The van der Waals surface area contributed by atoms with Crippen LogP contribution in [0.25, 0.3) is 0 Å². The summed E-state index contributed by atoms with van der Waals surface area (Å²) in [6.07, 6.45) is 0. The van der Waals surface area contributed by atoms with Crippen LogP contribution < -0.4 is 5.32 Å². The van der Waals surface area contributed by atoms with E-state index in [1.54, 1.807) is 6.92 Å². The normalized spacial score (nSPS) is 11.2. The second-order valence-electron chi connectivity index (χ2n) is 6.05. The molecule has 20 heavy (non-hydrogen) atoms. The molecule has 0 saturated carbocycles. The highest BCUT2D eigenvalue weighted by atomic mass is 16.1. The first-order valence-corrected chi connectivity index (χ1v) is 6.85. The van der Waals surface area contributed by atoms with E-state index in [0.717, 1.165) is 11.4 Å². The van der Waals surface area contributed by atoms with Crippen molar-refractivity contribution < 1.29 is 4.79 Å². The molecule has 1 N–H and O–H groups in total. The molecular formula is C18H21NO. The lowest BCUT2D eigenvalue weighted by molar-refractivity contribution is 0.101. The fraction of sp³-hybridized carbons (Fsp3) is 0.278. The summed E-state index contributed by atoms with van der Waals surface area (Å²) in [6.45, 7) is 8.17. The Kier molecular flexibility index (Phi) is 3.93. The third kappa shape index (κ3) is 3.27. The standard InChI is InChI=1S/C18H21NO/c1-13(20)16-7-5-6-8-17(16)19-15-11-9-14(10-12-15)18(2,3)4/h5-12,19H,1-4H3. The number of anilines is 2. The first-order valence-electron chi connectivity index (χ1n) is 6.85. The molecule has 0 unspecified atom stereocenters. The number of para-hydroxylation sites is 1. The molecule has 0 bridgehead atoms. The summed E-state index contributed by atoms with van der Waals surface area (Å²) in [5.41, 5.74) is 4.00. The molecule has 0 aliphatic rings. The monoisotopic (exact) mass is 267 g/mol. The molecule has 2 nitrogen and oxygen atoms in total. The van der Waals surface area contributed by atoms with Crippen LogP contribution in [0.2, 0.25) is 0 Å². The van der Waals surface area contributed by atoms with Gasteiger partial charge >= 0.3 is 0 Å². The number of ketones is 1. The Balaban J connectivity index is 2.25. The highest BCUT2D eigenvalue weighted by Gasteiger charge is 2.13. The maximum Gasteiger partial charge on any atom is 0.161 e. The number of carbonyl (C=O) groups excluding carboxylic acids is 1. The van der Waals surface area contributed by atoms with Gasteiger partial charge in [0.1, 0.15) is 0 Å². The van der Waals surface area contributed by atoms with Crippen molar-refractivity contribution in [1.82, 2.24) is 0 Å². The van der Waals surface area contributed by atoms with Crippen LogP contribution in [0.4, 0.5) is 11.4 Å². The van der Waals surface area contributed by atoms with Crippen molar-refractivity contribution in [1.29, 1.82) is 0 Å². The topological polar surface area (TPSA) is 29.1 Å². The Labute approximate surface area is 120 Å². The molecule has 0 aromatic heterocycles. The Bertz CT molecular complexity index is 606. The summed E-state index contributed by atoms with van der Waals surface area (Å²) in [6, 6.07) is 15.9. The summed E-state index contributed by atoms with van der Waals surface area (Å²) >= 11 is 0. The van der Waals surface area contributed by atoms with Gasteiger partial charge in [0, 0.05) is 16.9 Å². The van der Waals surface area contributed by atoms with Gasteiger partial charge < -0.3 is 5.32 Å². The molecule has 0 amide bonds. The summed E-state index contributed by atoms with van der Waals surface area (Å²) in [4.78, 5) is 11.6. The van der Waals surface area contributed by atoms with E-state index in [1.807, 2.05) is 24.3 Å². The maximum absolute atomic E-state index is 11.6. The molecule has 0 radical (unpaired) electrons. The van der Waals surface area contributed by atoms with Gasteiger partial charge in [0.2, 0.25) is 0 Å². The van der Waals surface area contributed by atoms with E-state index >= 15 is 0 Å². The molecule has 0 atom stereocenters. The van der Waals surface area contributed by atoms with Gasteiger partial charge in [-0.15, -0.1) is 0 Å². The molecular weight excluding hydrogens is 246 g/mol. The lowest BCUT2D eigenvalue weighted by Gasteiger charge is -2.19. The van der Waals surface area contributed by atoms with Crippen LogP contribution in [-0.2, 0) is 5.41 Å². The predicted molar refractivity (Wildman–Crippen MR) is 84.9 cm³/mol. The molecule has 104 valence electrons.